The molecule has 3 N–H and O–H groups in total. The van der Waals surface area contributed by atoms with Crippen molar-refractivity contribution in [2.45, 2.75) is 44.9 Å². The number of benzene rings is 2. The van der Waals surface area contributed by atoms with Crippen LogP contribution in [0, 0.1) is 6.92 Å². The smallest absolute Gasteiger partial charge is 0.410 e. The van der Waals surface area contributed by atoms with Crippen molar-refractivity contribution in [3.63, 3.8) is 0 Å². The third kappa shape index (κ3) is 5.59. The molecule has 0 saturated carbocycles. The first kappa shape index (κ1) is 21.4. The Labute approximate surface area is 176 Å². The molecule has 1 saturated heterocycles. The molecule has 1 aliphatic rings. The number of amides is 3. The average molecular weight is 409 g/mol. The molecule has 7 nitrogen and oxygen atoms in total. The molecular formula is C23H27N3O4. The minimum Gasteiger partial charge on any atom is -0.445 e. The maximum absolute atomic E-state index is 12.8. The van der Waals surface area contributed by atoms with Gasteiger partial charge in [0.15, 0.2) is 0 Å². The number of hydrogen-bond donors (Lipinski definition) is 2. The average Bonchev–Trinajstić information content (AvgIpc) is 3.22. The number of nitrogens with one attached hydrogen (secondary N) is 1. The van der Waals surface area contributed by atoms with Crippen molar-refractivity contribution in [3.8, 4) is 0 Å². The number of likely N-dealkylation sites (tertiary alicyclic amines) is 1. The summed E-state index contributed by atoms with van der Waals surface area (Å²) in [5, 5.41) is 2.72. The number of primary amides is 1. The van der Waals surface area contributed by atoms with Crippen LogP contribution >= 0.6 is 0 Å². The highest BCUT2D eigenvalue weighted by Crippen LogP contribution is 2.19. The number of nitrogens with zero attached hydrogens (tertiary/aromatic N) is 1. The molecule has 0 aliphatic carbocycles. The van der Waals surface area contributed by atoms with E-state index >= 15 is 0 Å². The fourth-order valence-corrected chi connectivity index (χ4v) is 3.63. The highest BCUT2D eigenvalue weighted by molar-refractivity contribution is 5.91. The Morgan fingerprint density at radius 1 is 1.13 bits per heavy atom. The SMILES string of the molecule is Cc1cccc(C[C@@H](NC(=O)[C@H]2CCCN2C(=O)OCc2ccccc2)C(N)=O)c1. The Bertz CT molecular complexity index is 900. The van der Waals surface area contributed by atoms with Crippen LogP contribution < -0.4 is 11.1 Å². The van der Waals surface area contributed by atoms with E-state index in [9.17, 15) is 14.4 Å². The molecular weight excluding hydrogens is 382 g/mol. The Morgan fingerprint density at radius 3 is 2.57 bits per heavy atom. The predicted octanol–water partition coefficient (Wildman–Crippen LogP) is 2.31. The summed E-state index contributed by atoms with van der Waals surface area (Å²) in [4.78, 5) is 38.7. The Kier molecular flexibility index (Phi) is 7.06. The van der Waals surface area contributed by atoms with E-state index in [1.54, 1.807) is 0 Å². The lowest BCUT2D eigenvalue weighted by Gasteiger charge is -2.25. The molecule has 0 aromatic heterocycles. The second kappa shape index (κ2) is 9.91. The highest BCUT2D eigenvalue weighted by Gasteiger charge is 2.36. The quantitative estimate of drug-likeness (QED) is 0.733. The third-order valence-electron chi connectivity index (χ3n) is 5.18. The van der Waals surface area contributed by atoms with Gasteiger partial charge in [0.05, 0.1) is 0 Å². The second-order valence-corrected chi connectivity index (χ2v) is 7.55. The van der Waals surface area contributed by atoms with E-state index in [1.165, 1.54) is 4.90 Å². The molecule has 0 radical (unpaired) electrons. The van der Waals surface area contributed by atoms with Gasteiger partial charge in [-0.15, -0.1) is 0 Å². The van der Waals surface area contributed by atoms with Gasteiger partial charge in [-0.3, -0.25) is 14.5 Å². The van der Waals surface area contributed by atoms with E-state index < -0.39 is 24.1 Å². The van der Waals surface area contributed by atoms with Gasteiger partial charge >= 0.3 is 6.09 Å². The van der Waals surface area contributed by atoms with Crippen LogP contribution in [0.5, 0.6) is 0 Å². The van der Waals surface area contributed by atoms with E-state index in [2.05, 4.69) is 5.32 Å². The van der Waals surface area contributed by atoms with Gasteiger partial charge in [0.25, 0.3) is 0 Å². The lowest BCUT2D eigenvalue weighted by Crippen LogP contribution is -2.53. The number of hydrogen-bond acceptors (Lipinski definition) is 4. The first-order valence-corrected chi connectivity index (χ1v) is 10.1. The van der Waals surface area contributed by atoms with Gasteiger partial charge in [-0.05, 0) is 30.9 Å². The van der Waals surface area contributed by atoms with Gasteiger partial charge in [-0.25, -0.2) is 4.79 Å². The van der Waals surface area contributed by atoms with Crippen molar-refractivity contribution in [3.05, 3.63) is 71.3 Å². The minimum absolute atomic E-state index is 0.141. The van der Waals surface area contributed by atoms with Gasteiger partial charge in [0.1, 0.15) is 18.7 Å². The molecule has 2 aromatic carbocycles. The maximum atomic E-state index is 12.8. The summed E-state index contributed by atoms with van der Waals surface area (Å²) >= 11 is 0. The van der Waals surface area contributed by atoms with E-state index in [-0.39, 0.29) is 12.5 Å². The first-order valence-electron chi connectivity index (χ1n) is 10.1. The van der Waals surface area contributed by atoms with Gasteiger partial charge in [-0.1, -0.05) is 60.2 Å². The van der Waals surface area contributed by atoms with E-state index in [4.69, 9.17) is 10.5 Å². The summed E-state index contributed by atoms with van der Waals surface area (Å²) in [6.07, 6.45) is 0.971. The Balaban J connectivity index is 1.60. The molecule has 158 valence electrons. The zero-order valence-electron chi connectivity index (χ0n) is 17.0. The van der Waals surface area contributed by atoms with Crippen LogP contribution in [0.4, 0.5) is 4.79 Å². The van der Waals surface area contributed by atoms with Crippen molar-refractivity contribution in [2.24, 2.45) is 5.73 Å². The molecule has 2 atom stereocenters. The topological polar surface area (TPSA) is 102 Å². The van der Waals surface area contributed by atoms with Crippen LogP contribution in [0.1, 0.15) is 29.5 Å². The van der Waals surface area contributed by atoms with Crippen molar-refractivity contribution in [1.82, 2.24) is 10.2 Å². The monoisotopic (exact) mass is 409 g/mol. The highest BCUT2D eigenvalue weighted by atomic mass is 16.6. The number of nitrogens with two attached hydrogens (primary N) is 1. The number of rotatable bonds is 7. The van der Waals surface area contributed by atoms with E-state index in [1.807, 2.05) is 61.5 Å². The standard InChI is InChI=1S/C23H27N3O4/c1-16-7-5-10-18(13-16)14-19(21(24)27)25-22(28)20-11-6-12-26(20)23(29)30-15-17-8-3-2-4-9-17/h2-5,7-10,13,19-20H,6,11-12,14-15H2,1H3,(H2,24,27)(H,25,28)/t19-,20-/m1/s1. The minimum atomic E-state index is -0.845. The number of aryl methyl sites for hydroxylation is 1. The molecule has 0 unspecified atom stereocenters. The number of ether oxygens (including phenoxy) is 1. The summed E-state index contributed by atoms with van der Waals surface area (Å²) < 4.78 is 5.37. The Morgan fingerprint density at radius 2 is 1.87 bits per heavy atom. The first-order chi connectivity index (χ1) is 14.4. The molecule has 1 heterocycles. The van der Waals surface area contributed by atoms with Crippen LogP contribution in [0.25, 0.3) is 0 Å². The molecule has 0 spiro atoms. The number of carbonyl (C=O) groups excluding carboxylic acids is 3. The lowest BCUT2D eigenvalue weighted by molar-refractivity contribution is -0.130. The summed E-state index contributed by atoms with van der Waals surface area (Å²) in [5.41, 5.74) is 8.36. The summed E-state index contributed by atoms with van der Waals surface area (Å²) in [6.45, 7) is 2.53. The van der Waals surface area contributed by atoms with Gasteiger partial charge < -0.3 is 15.8 Å². The van der Waals surface area contributed by atoms with Gasteiger partial charge in [0.2, 0.25) is 11.8 Å². The molecule has 30 heavy (non-hydrogen) atoms. The summed E-state index contributed by atoms with van der Waals surface area (Å²) in [7, 11) is 0. The molecule has 1 fully saturated rings. The fraction of sp³-hybridized carbons (Fsp3) is 0.348. The van der Waals surface area contributed by atoms with Crippen LogP contribution in [0.3, 0.4) is 0 Å². The zero-order chi connectivity index (χ0) is 21.5. The summed E-state index contributed by atoms with van der Waals surface area (Å²) in [6, 6.07) is 15.5. The summed E-state index contributed by atoms with van der Waals surface area (Å²) in [5.74, 6) is -0.998. The normalized spacial score (nSPS) is 16.7. The molecule has 0 bridgehead atoms. The van der Waals surface area contributed by atoms with Crippen molar-refractivity contribution < 1.29 is 19.1 Å². The fourth-order valence-electron chi connectivity index (χ4n) is 3.63. The van der Waals surface area contributed by atoms with Crippen LogP contribution in [0.2, 0.25) is 0 Å². The maximum Gasteiger partial charge on any atom is 0.410 e. The second-order valence-electron chi connectivity index (χ2n) is 7.55. The van der Waals surface area contributed by atoms with E-state index in [0.29, 0.717) is 25.8 Å². The van der Waals surface area contributed by atoms with Crippen molar-refractivity contribution in [2.75, 3.05) is 6.54 Å². The molecule has 3 amide bonds. The third-order valence-corrected chi connectivity index (χ3v) is 5.18. The molecule has 1 aliphatic heterocycles. The van der Waals surface area contributed by atoms with E-state index in [0.717, 1.165) is 16.7 Å². The van der Waals surface area contributed by atoms with Crippen LogP contribution in [0.15, 0.2) is 54.6 Å². The van der Waals surface area contributed by atoms with Crippen LogP contribution in [-0.2, 0) is 27.4 Å². The van der Waals surface area contributed by atoms with Crippen molar-refractivity contribution in [1.29, 1.82) is 0 Å². The van der Waals surface area contributed by atoms with Crippen LogP contribution in [-0.4, -0.2) is 41.4 Å². The number of carbonyl (C=O) groups is 3. The largest absolute Gasteiger partial charge is 0.445 e. The predicted molar refractivity (Wildman–Crippen MR) is 112 cm³/mol. The molecule has 2 aromatic rings. The molecule has 7 heteroatoms. The molecule has 3 rings (SSSR count). The Hall–Kier alpha value is -3.35. The lowest BCUT2D eigenvalue weighted by atomic mass is 10.0. The van der Waals surface area contributed by atoms with Crippen molar-refractivity contribution >= 4 is 17.9 Å². The van der Waals surface area contributed by atoms with Gasteiger partial charge in [-0.2, -0.15) is 0 Å². The zero-order valence-corrected chi connectivity index (χ0v) is 17.0. The van der Waals surface area contributed by atoms with Gasteiger partial charge in [0, 0.05) is 13.0 Å².